The molecular weight excluding hydrogens is 346 g/mol. The molecule has 1 unspecified atom stereocenters. The first kappa shape index (κ1) is 16.8. The predicted molar refractivity (Wildman–Crippen MR) is 111 cm³/mol. The maximum atomic E-state index is 6.34. The summed E-state index contributed by atoms with van der Waals surface area (Å²) in [5.41, 5.74) is 3.61. The minimum Gasteiger partial charge on any atom is -0.497 e. The van der Waals surface area contributed by atoms with E-state index in [1.807, 2.05) is 12.1 Å². The van der Waals surface area contributed by atoms with E-state index in [0.717, 1.165) is 11.5 Å². The summed E-state index contributed by atoms with van der Waals surface area (Å²) < 4.78 is 5.28. The Morgan fingerprint density at radius 3 is 2.21 bits per heavy atom. The highest BCUT2D eigenvalue weighted by Crippen LogP contribution is 2.44. The van der Waals surface area contributed by atoms with Gasteiger partial charge in [-0.2, -0.15) is 0 Å². The first-order valence-electron chi connectivity index (χ1n) is 9.47. The molecule has 3 heteroatoms. The van der Waals surface area contributed by atoms with Gasteiger partial charge < -0.3 is 9.57 Å². The van der Waals surface area contributed by atoms with E-state index in [9.17, 15) is 0 Å². The van der Waals surface area contributed by atoms with Gasteiger partial charge in [-0.1, -0.05) is 66.7 Å². The van der Waals surface area contributed by atoms with Crippen LogP contribution < -0.4 is 9.57 Å². The summed E-state index contributed by atoms with van der Waals surface area (Å²) in [6, 6.07) is 31.6. The lowest BCUT2D eigenvalue weighted by Crippen LogP contribution is -2.26. The van der Waals surface area contributed by atoms with Crippen LogP contribution in [0.1, 0.15) is 22.7 Å². The number of fused-ring (bicyclic) bond motifs is 2. The quantitative estimate of drug-likeness (QED) is 0.459. The largest absolute Gasteiger partial charge is 0.497 e. The minimum atomic E-state index is 0.0582. The standard InChI is InChI=1S/C25H21NO2/c1-27-22-13-11-18(12-14-22)17-26-25(19-7-3-2-4-8-19)23-15-20-9-5-6-10-21(20)16-24(23)28-26/h2-16,25H,17H2,1H3. The Kier molecular flexibility index (Phi) is 4.22. The van der Waals surface area contributed by atoms with E-state index in [2.05, 4.69) is 83.9 Å². The monoisotopic (exact) mass is 367 g/mol. The van der Waals surface area contributed by atoms with Crippen molar-refractivity contribution in [1.29, 1.82) is 0 Å². The van der Waals surface area contributed by atoms with Crippen molar-refractivity contribution in [3.8, 4) is 11.5 Å². The molecule has 28 heavy (non-hydrogen) atoms. The average molecular weight is 367 g/mol. The van der Waals surface area contributed by atoms with Crippen LogP contribution in [-0.4, -0.2) is 12.2 Å². The Morgan fingerprint density at radius 1 is 0.821 bits per heavy atom. The summed E-state index contributed by atoms with van der Waals surface area (Å²) in [6.45, 7) is 0.689. The third-order valence-electron chi connectivity index (χ3n) is 5.29. The Morgan fingerprint density at radius 2 is 1.50 bits per heavy atom. The number of hydrogen-bond acceptors (Lipinski definition) is 3. The fourth-order valence-corrected chi connectivity index (χ4v) is 3.88. The van der Waals surface area contributed by atoms with Gasteiger partial charge >= 0.3 is 0 Å². The van der Waals surface area contributed by atoms with Crippen molar-refractivity contribution in [2.24, 2.45) is 0 Å². The molecule has 1 atom stereocenters. The summed E-state index contributed by atoms with van der Waals surface area (Å²) in [6.07, 6.45) is 0. The van der Waals surface area contributed by atoms with Crippen molar-refractivity contribution >= 4 is 10.8 Å². The van der Waals surface area contributed by atoms with Crippen LogP contribution in [0.15, 0.2) is 91.0 Å². The smallest absolute Gasteiger partial charge is 0.153 e. The van der Waals surface area contributed by atoms with Gasteiger partial charge in [-0.05, 0) is 46.2 Å². The predicted octanol–water partition coefficient (Wildman–Crippen LogP) is 5.75. The van der Waals surface area contributed by atoms with E-state index < -0.39 is 0 Å². The molecule has 4 aromatic carbocycles. The molecule has 3 nitrogen and oxygen atoms in total. The number of hydroxylamine groups is 2. The second-order valence-electron chi connectivity index (χ2n) is 7.06. The van der Waals surface area contributed by atoms with Gasteiger partial charge in [0.05, 0.1) is 19.7 Å². The Balaban J connectivity index is 1.56. The zero-order valence-electron chi connectivity index (χ0n) is 15.7. The highest BCUT2D eigenvalue weighted by atomic mass is 16.7. The van der Waals surface area contributed by atoms with Crippen LogP contribution in [-0.2, 0) is 6.54 Å². The molecule has 0 saturated heterocycles. The molecule has 5 rings (SSSR count). The zero-order chi connectivity index (χ0) is 18.9. The van der Waals surface area contributed by atoms with Gasteiger partial charge in [0.25, 0.3) is 0 Å². The molecule has 138 valence electrons. The maximum Gasteiger partial charge on any atom is 0.153 e. The molecule has 0 N–H and O–H groups in total. The fraction of sp³-hybridized carbons (Fsp3) is 0.120. The van der Waals surface area contributed by atoms with Gasteiger partial charge in [0, 0.05) is 5.56 Å². The van der Waals surface area contributed by atoms with Crippen LogP contribution in [0.4, 0.5) is 0 Å². The molecule has 0 radical (unpaired) electrons. The molecule has 1 aliphatic heterocycles. The summed E-state index contributed by atoms with van der Waals surface area (Å²) in [4.78, 5) is 6.34. The highest BCUT2D eigenvalue weighted by Gasteiger charge is 2.34. The fourth-order valence-electron chi connectivity index (χ4n) is 3.88. The molecule has 0 spiro atoms. The van der Waals surface area contributed by atoms with E-state index in [-0.39, 0.29) is 6.04 Å². The van der Waals surface area contributed by atoms with E-state index >= 15 is 0 Å². The topological polar surface area (TPSA) is 21.7 Å². The Hall–Kier alpha value is -3.30. The molecule has 0 bridgehead atoms. The van der Waals surface area contributed by atoms with Gasteiger partial charge in [-0.15, -0.1) is 5.06 Å². The number of ether oxygens (including phenoxy) is 1. The Labute approximate surface area is 164 Å². The lowest BCUT2D eigenvalue weighted by molar-refractivity contribution is -0.0682. The third-order valence-corrected chi connectivity index (χ3v) is 5.29. The van der Waals surface area contributed by atoms with Gasteiger partial charge in [0.15, 0.2) is 5.75 Å². The third kappa shape index (κ3) is 3.00. The molecule has 1 aliphatic rings. The van der Waals surface area contributed by atoms with Gasteiger partial charge in [-0.25, -0.2) is 0 Å². The van der Waals surface area contributed by atoms with Gasteiger partial charge in [-0.3, -0.25) is 0 Å². The Bertz CT molecular complexity index is 1110. The van der Waals surface area contributed by atoms with Crippen LogP contribution in [0, 0.1) is 0 Å². The summed E-state index contributed by atoms with van der Waals surface area (Å²) in [5.74, 6) is 1.79. The van der Waals surface area contributed by atoms with Crippen molar-refractivity contribution in [1.82, 2.24) is 5.06 Å². The molecular formula is C25H21NO2. The molecule has 0 aliphatic carbocycles. The number of rotatable bonds is 4. The van der Waals surface area contributed by atoms with Gasteiger partial charge in [0.2, 0.25) is 0 Å². The number of methoxy groups -OCH3 is 1. The van der Waals surface area contributed by atoms with Crippen LogP contribution in [0.3, 0.4) is 0 Å². The molecule has 0 aromatic heterocycles. The summed E-state index contributed by atoms with van der Waals surface area (Å²) >= 11 is 0. The van der Waals surface area contributed by atoms with Crippen molar-refractivity contribution in [2.45, 2.75) is 12.6 Å². The average Bonchev–Trinajstić information content (AvgIpc) is 3.09. The summed E-state index contributed by atoms with van der Waals surface area (Å²) in [7, 11) is 1.69. The second-order valence-corrected chi connectivity index (χ2v) is 7.06. The molecule has 1 heterocycles. The first-order valence-corrected chi connectivity index (χ1v) is 9.47. The van der Waals surface area contributed by atoms with Crippen LogP contribution in [0.5, 0.6) is 11.5 Å². The van der Waals surface area contributed by atoms with Gasteiger partial charge in [0.1, 0.15) is 5.75 Å². The van der Waals surface area contributed by atoms with E-state index in [0.29, 0.717) is 6.54 Å². The number of hydrogen-bond donors (Lipinski definition) is 0. The van der Waals surface area contributed by atoms with Crippen molar-refractivity contribution in [3.05, 3.63) is 108 Å². The van der Waals surface area contributed by atoms with Crippen LogP contribution >= 0.6 is 0 Å². The molecule has 0 saturated carbocycles. The van der Waals surface area contributed by atoms with Crippen LogP contribution in [0.2, 0.25) is 0 Å². The molecule has 0 amide bonds. The van der Waals surface area contributed by atoms with E-state index in [4.69, 9.17) is 9.57 Å². The number of benzene rings is 4. The zero-order valence-corrected chi connectivity index (χ0v) is 15.7. The van der Waals surface area contributed by atoms with Crippen molar-refractivity contribution in [2.75, 3.05) is 7.11 Å². The number of nitrogens with zero attached hydrogens (tertiary/aromatic N) is 1. The minimum absolute atomic E-state index is 0.0582. The summed E-state index contributed by atoms with van der Waals surface area (Å²) in [5, 5.41) is 4.50. The van der Waals surface area contributed by atoms with Crippen LogP contribution in [0.25, 0.3) is 10.8 Å². The normalized spacial score (nSPS) is 16.0. The van der Waals surface area contributed by atoms with Crippen molar-refractivity contribution in [3.63, 3.8) is 0 Å². The first-order chi connectivity index (χ1) is 13.8. The lowest BCUT2D eigenvalue weighted by Gasteiger charge is -2.23. The van der Waals surface area contributed by atoms with E-state index in [1.165, 1.54) is 27.5 Å². The second kappa shape index (κ2) is 7.02. The molecule has 4 aromatic rings. The molecule has 0 fully saturated rings. The SMILES string of the molecule is COc1ccc(CN2Oc3cc4ccccc4cc3C2c2ccccc2)cc1. The highest BCUT2D eigenvalue weighted by molar-refractivity contribution is 5.85. The lowest BCUT2D eigenvalue weighted by atomic mass is 9.96. The maximum absolute atomic E-state index is 6.34. The van der Waals surface area contributed by atoms with Crippen molar-refractivity contribution < 1.29 is 9.57 Å². The van der Waals surface area contributed by atoms with E-state index in [1.54, 1.807) is 7.11 Å².